The summed E-state index contributed by atoms with van der Waals surface area (Å²) >= 11 is 13.8. The Labute approximate surface area is 131 Å². The molecule has 2 aromatic rings. The van der Waals surface area contributed by atoms with Gasteiger partial charge in [0.1, 0.15) is 5.01 Å². The number of carbonyl (C=O) groups is 1. The minimum atomic E-state index is -0.120. The van der Waals surface area contributed by atoms with E-state index >= 15 is 0 Å². The highest BCUT2D eigenvalue weighted by Crippen LogP contribution is 2.56. The number of halogens is 2. The van der Waals surface area contributed by atoms with Crippen LogP contribution in [0.4, 0.5) is 0 Å². The van der Waals surface area contributed by atoms with Crippen LogP contribution >= 0.6 is 34.5 Å². The minimum Gasteiger partial charge on any atom is -0.294 e. The molecule has 2 nitrogen and oxygen atoms in total. The molecule has 1 aromatic heterocycles. The van der Waals surface area contributed by atoms with Crippen LogP contribution in [-0.2, 0) is 5.41 Å². The van der Waals surface area contributed by atoms with Gasteiger partial charge in [0.2, 0.25) is 0 Å². The van der Waals surface area contributed by atoms with Crippen LogP contribution in [0.2, 0.25) is 10.0 Å². The molecule has 0 bridgehead atoms. The Morgan fingerprint density at radius 2 is 2.05 bits per heavy atom. The Hall–Kier alpha value is -0.900. The van der Waals surface area contributed by atoms with E-state index in [2.05, 4.69) is 4.98 Å². The summed E-state index contributed by atoms with van der Waals surface area (Å²) < 4.78 is 0. The summed E-state index contributed by atoms with van der Waals surface area (Å²) in [7, 11) is 0. The fourth-order valence-electron chi connectivity index (χ4n) is 2.53. The molecule has 0 amide bonds. The molecule has 0 unspecified atom stereocenters. The maximum atomic E-state index is 11.6. The summed E-state index contributed by atoms with van der Waals surface area (Å²) in [4.78, 5) is 17.0. The number of hydrogen-bond acceptors (Lipinski definition) is 3. The number of aromatic nitrogens is 1. The van der Waals surface area contributed by atoms with Crippen LogP contribution in [-0.4, -0.2) is 10.8 Å². The van der Waals surface area contributed by atoms with Crippen molar-refractivity contribution in [1.29, 1.82) is 0 Å². The molecule has 0 saturated heterocycles. The zero-order valence-electron chi connectivity index (χ0n) is 11.2. The van der Waals surface area contributed by atoms with E-state index in [1.54, 1.807) is 13.0 Å². The number of rotatable bonds is 3. The molecule has 20 heavy (non-hydrogen) atoms. The molecule has 1 heterocycles. The maximum absolute atomic E-state index is 11.6. The fourth-order valence-corrected chi connectivity index (χ4v) is 4.34. The summed E-state index contributed by atoms with van der Waals surface area (Å²) in [6.07, 6.45) is 2.03. The molecule has 5 heteroatoms. The summed E-state index contributed by atoms with van der Waals surface area (Å²) in [5.74, 6) is 0.0734. The highest BCUT2D eigenvalue weighted by atomic mass is 35.5. The molecule has 0 atom stereocenters. The Kier molecular flexibility index (Phi) is 3.39. The summed E-state index contributed by atoms with van der Waals surface area (Å²) in [6, 6.07) is 5.60. The third kappa shape index (κ3) is 2.18. The Balaban J connectivity index is 2.09. The molecule has 104 valence electrons. The van der Waals surface area contributed by atoms with E-state index in [9.17, 15) is 4.79 Å². The van der Waals surface area contributed by atoms with E-state index in [1.165, 1.54) is 11.3 Å². The van der Waals surface area contributed by atoms with Crippen molar-refractivity contribution < 1.29 is 4.79 Å². The maximum Gasteiger partial charge on any atom is 0.171 e. The Bertz CT molecular complexity index is 704. The number of carbonyl (C=O) groups excluding carboxylic acids is 1. The van der Waals surface area contributed by atoms with Gasteiger partial charge in [-0.2, -0.15) is 0 Å². The van der Waals surface area contributed by atoms with Crippen LogP contribution < -0.4 is 0 Å². The van der Waals surface area contributed by atoms with Gasteiger partial charge in [0, 0.05) is 22.4 Å². The topological polar surface area (TPSA) is 30.0 Å². The van der Waals surface area contributed by atoms with Crippen LogP contribution in [0, 0.1) is 6.92 Å². The lowest BCUT2D eigenvalue weighted by atomic mass is 9.96. The zero-order chi connectivity index (χ0) is 14.5. The average Bonchev–Trinajstić information content (AvgIpc) is 3.06. The van der Waals surface area contributed by atoms with Crippen molar-refractivity contribution in [3.05, 3.63) is 49.4 Å². The van der Waals surface area contributed by atoms with E-state index < -0.39 is 0 Å². The smallest absolute Gasteiger partial charge is 0.171 e. The number of Topliss-reactive ketones (excluding diaryl/α,β-unsaturated/α-hetero) is 1. The minimum absolute atomic E-state index is 0.0734. The highest BCUT2D eigenvalue weighted by Gasteiger charge is 2.50. The van der Waals surface area contributed by atoms with Crippen molar-refractivity contribution >= 4 is 40.3 Å². The monoisotopic (exact) mass is 325 g/mol. The fraction of sp³-hybridized carbons (Fsp3) is 0.333. The third-order valence-corrected chi connectivity index (χ3v) is 5.73. The van der Waals surface area contributed by atoms with Gasteiger partial charge < -0.3 is 0 Å². The number of nitrogens with zero attached hydrogens (tertiary/aromatic N) is 1. The van der Waals surface area contributed by atoms with Crippen LogP contribution in [0.25, 0.3) is 0 Å². The molecule has 0 radical (unpaired) electrons. The second-order valence-electron chi connectivity index (χ2n) is 5.20. The lowest BCUT2D eigenvalue weighted by Crippen LogP contribution is -2.09. The van der Waals surface area contributed by atoms with Crippen LogP contribution in [0.3, 0.4) is 0 Å². The molecule has 1 aliphatic carbocycles. The van der Waals surface area contributed by atoms with Crippen molar-refractivity contribution in [3.8, 4) is 0 Å². The van der Waals surface area contributed by atoms with E-state index in [0.29, 0.717) is 10.0 Å². The first-order valence-electron chi connectivity index (χ1n) is 6.38. The summed E-state index contributed by atoms with van der Waals surface area (Å²) in [5, 5.41) is 2.30. The lowest BCUT2D eigenvalue weighted by Gasteiger charge is -2.14. The van der Waals surface area contributed by atoms with Gasteiger partial charge in [0.05, 0.1) is 10.6 Å². The number of benzene rings is 1. The van der Waals surface area contributed by atoms with Crippen molar-refractivity contribution in [2.45, 2.75) is 32.1 Å². The van der Waals surface area contributed by atoms with Gasteiger partial charge in [-0.3, -0.25) is 4.79 Å². The van der Waals surface area contributed by atoms with Gasteiger partial charge in [0.15, 0.2) is 5.78 Å². The van der Waals surface area contributed by atoms with Crippen molar-refractivity contribution in [2.24, 2.45) is 0 Å². The number of aryl methyl sites for hydroxylation is 1. The molecule has 1 aromatic carbocycles. The van der Waals surface area contributed by atoms with E-state index in [-0.39, 0.29) is 11.2 Å². The molecule has 1 saturated carbocycles. The standard InChI is InChI=1S/C15H13Cl2NOS/c1-8-13(9(2)19)20-14(18-8)15(5-6-15)11-4-3-10(16)7-12(11)17/h3-4,7H,5-6H2,1-2H3. The number of hydrogen-bond donors (Lipinski definition) is 0. The average molecular weight is 326 g/mol. The SMILES string of the molecule is CC(=O)c1sc(C2(c3ccc(Cl)cc3Cl)CC2)nc1C. The molecule has 0 N–H and O–H groups in total. The molecule has 1 fully saturated rings. The third-order valence-electron chi connectivity index (χ3n) is 3.72. The molecule has 0 aliphatic heterocycles. The van der Waals surface area contributed by atoms with Crippen molar-refractivity contribution in [1.82, 2.24) is 4.98 Å². The van der Waals surface area contributed by atoms with Gasteiger partial charge in [0.25, 0.3) is 0 Å². The van der Waals surface area contributed by atoms with Crippen LogP contribution in [0.1, 0.15) is 45.7 Å². The first kappa shape index (κ1) is 14.1. The van der Waals surface area contributed by atoms with Crippen LogP contribution in [0.5, 0.6) is 0 Å². The molecule has 3 rings (SSSR count). The molecule has 0 spiro atoms. The Morgan fingerprint density at radius 1 is 1.35 bits per heavy atom. The second-order valence-corrected chi connectivity index (χ2v) is 7.04. The quantitative estimate of drug-likeness (QED) is 0.740. The van der Waals surface area contributed by atoms with E-state index in [1.807, 2.05) is 19.1 Å². The molecular weight excluding hydrogens is 313 g/mol. The zero-order valence-corrected chi connectivity index (χ0v) is 13.5. The lowest BCUT2D eigenvalue weighted by molar-refractivity contribution is 0.102. The summed E-state index contributed by atoms with van der Waals surface area (Å²) in [6.45, 7) is 3.47. The van der Waals surface area contributed by atoms with E-state index in [4.69, 9.17) is 23.2 Å². The molecular formula is C15H13Cl2NOS. The normalized spacial score (nSPS) is 16.2. The van der Waals surface area contributed by atoms with Crippen molar-refractivity contribution in [3.63, 3.8) is 0 Å². The predicted molar refractivity (Wildman–Crippen MR) is 83.3 cm³/mol. The van der Waals surface area contributed by atoms with Gasteiger partial charge >= 0.3 is 0 Å². The second kappa shape index (κ2) is 4.83. The van der Waals surface area contributed by atoms with E-state index in [0.717, 1.165) is 34.0 Å². The van der Waals surface area contributed by atoms with Gasteiger partial charge in [-0.05, 0) is 37.5 Å². The largest absolute Gasteiger partial charge is 0.294 e. The number of thiazole rings is 1. The predicted octanol–water partition coefficient (Wildman–Crippen LogP) is 5.04. The Morgan fingerprint density at radius 3 is 2.55 bits per heavy atom. The number of ketones is 1. The highest BCUT2D eigenvalue weighted by molar-refractivity contribution is 7.14. The van der Waals surface area contributed by atoms with Gasteiger partial charge in [-0.1, -0.05) is 29.3 Å². The van der Waals surface area contributed by atoms with Crippen molar-refractivity contribution in [2.75, 3.05) is 0 Å². The van der Waals surface area contributed by atoms with Crippen LogP contribution in [0.15, 0.2) is 18.2 Å². The molecule has 1 aliphatic rings. The van der Waals surface area contributed by atoms with Gasteiger partial charge in [-0.25, -0.2) is 4.98 Å². The first-order valence-corrected chi connectivity index (χ1v) is 7.96. The van der Waals surface area contributed by atoms with Gasteiger partial charge in [-0.15, -0.1) is 11.3 Å². The first-order chi connectivity index (χ1) is 9.44. The summed E-state index contributed by atoms with van der Waals surface area (Å²) in [5.41, 5.74) is 1.76.